The highest BCUT2D eigenvalue weighted by atomic mass is 127. The summed E-state index contributed by atoms with van der Waals surface area (Å²) in [6.07, 6.45) is 7.48. The minimum Gasteiger partial charge on any atom is -0.356 e. The standard InChI is InChI=1S/C23H30N6.HI/c1-24-23(25-13-12-20-18-29-14-6-5-11-22(29)27-20)26-16-21-10-7-15-28(21)17-19-8-3-2-4-9-19;/h2-6,8-9,11,14,18,21H,7,10,12-13,15-17H2,1H3,(H2,24,25,26);1H. The molecule has 6 nitrogen and oxygen atoms in total. The van der Waals surface area contributed by atoms with E-state index in [-0.39, 0.29) is 24.0 Å². The van der Waals surface area contributed by atoms with Gasteiger partial charge in [0.2, 0.25) is 0 Å². The fourth-order valence-electron chi connectivity index (χ4n) is 4.00. The van der Waals surface area contributed by atoms with Crippen LogP contribution in [0.4, 0.5) is 0 Å². The van der Waals surface area contributed by atoms with E-state index < -0.39 is 0 Å². The van der Waals surface area contributed by atoms with Gasteiger partial charge in [0.25, 0.3) is 0 Å². The molecule has 0 bridgehead atoms. The first kappa shape index (κ1) is 22.6. The van der Waals surface area contributed by atoms with Crippen molar-refractivity contribution in [2.75, 3.05) is 26.7 Å². The summed E-state index contributed by atoms with van der Waals surface area (Å²) < 4.78 is 2.06. The van der Waals surface area contributed by atoms with Crippen LogP contribution in [0.2, 0.25) is 0 Å². The fourth-order valence-corrected chi connectivity index (χ4v) is 4.00. The Morgan fingerprint density at radius 1 is 1.13 bits per heavy atom. The average molecular weight is 518 g/mol. The van der Waals surface area contributed by atoms with E-state index in [0.29, 0.717) is 6.04 Å². The smallest absolute Gasteiger partial charge is 0.191 e. The van der Waals surface area contributed by atoms with Gasteiger partial charge < -0.3 is 15.0 Å². The molecule has 2 aromatic heterocycles. The van der Waals surface area contributed by atoms with Crippen LogP contribution in [-0.4, -0.2) is 53.0 Å². The lowest BCUT2D eigenvalue weighted by molar-refractivity contribution is 0.245. The third-order valence-corrected chi connectivity index (χ3v) is 5.54. The maximum absolute atomic E-state index is 4.65. The number of guanidine groups is 1. The van der Waals surface area contributed by atoms with Crippen molar-refractivity contribution in [2.24, 2.45) is 4.99 Å². The van der Waals surface area contributed by atoms with Gasteiger partial charge in [-0.1, -0.05) is 36.4 Å². The van der Waals surface area contributed by atoms with Gasteiger partial charge in [0.15, 0.2) is 5.96 Å². The van der Waals surface area contributed by atoms with Crippen LogP contribution in [0.1, 0.15) is 24.1 Å². The lowest BCUT2D eigenvalue weighted by Gasteiger charge is -2.25. The number of aliphatic imine (C=N–C) groups is 1. The molecule has 3 aromatic rings. The molecule has 1 fully saturated rings. The minimum absolute atomic E-state index is 0. The lowest BCUT2D eigenvalue weighted by Crippen LogP contribution is -2.45. The Balaban J connectivity index is 0.00000256. The van der Waals surface area contributed by atoms with E-state index in [1.807, 2.05) is 31.4 Å². The SMILES string of the molecule is CN=C(NCCc1cn2ccccc2n1)NCC1CCCN1Cc1ccccc1.I. The second-order valence-electron chi connectivity index (χ2n) is 7.58. The topological polar surface area (TPSA) is 57.0 Å². The minimum atomic E-state index is 0. The molecule has 0 radical (unpaired) electrons. The third-order valence-electron chi connectivity index (χ3n) is 5.54. The quantitative estimate of drug-likeness (QED) is 0.286. The predicted molar refractivity (Wildman–Crippen MR) is 134 cm³/mol. The van der Waals surface area contributed by atoms with E-state index >= 15 is 0 Å². The molecule has 4 rings (SSSR count). The average Bonchev–Trinajstić information content (AvgIpc) is 3.37. The zero-order valence-corrected chi connectivity index (χ0v) is 19.8. The van der Waals surface area contributed by atoms with Gasteiger partial charge in [0.05, 0.1) is 5.69 Å². The number of nitrogens with zero attached hydrogens (tertiary/aromatic N) is 4. The maximum Gasteiger partial charge on any atom is 0.191 e. The molecule has 0 spiro atoms. The monoisotopic (exact) mass is 518 g/mol. The van der Waals surface area contributed by atoms with Crippen molar-refractivity contribution < 1.29 is 0 Å². The Labute approximate surface area is 195 Å². The Bertz CT molecular complexity index is 906. The molecule has 1 saturated heterocycles. The summed E-state index contributed by atoms with van der Waals surface area (Å²) in [4.78, 5) is 11.6. The first-order valence-electron chi connectivity index (χ1n) is 10.5. The predicted octanol–water partition coefficient (Wildman–Crippen LogP) is 3.32. The second kappa shape index (κ2) is 11.3. The van der Waals surface area contributed by atoms with Crippen molar-refractivity contribution in [3.63, 3.8) is 0 Å². The van der Waals surface area contributed by atoms with Gasteiger partial charge in [-0.25, -0.2) is 4.98 Å². The van der Waals surface area contributed by atoms with Gasteiger partial charge in [-0.15, -0.1) is 24.0 Å². The number of benzene rings is 1. The molecule has 1 aromatic carbocycles. The zero-order valence-electron chi connectivity index (χ0n) is 17.5. The summed E-state index contributed by atoms with van der Waals surface area (Å²) in [7, 11) is 1.83. The molecule has 1 aliphatic rings. The van der Waals surface area contributed by atoms with Crippen molar-refractivity contribution in [3.8, 4) is 0 Å². The Kier molecular flexibility index (Phi) is 8.50. The van der Waals surface area contributed by atoms with Crippen molar-refractivity contribution in [1.29, 1.82) is 0 Å². The number of nitrogens with one attached hydrogen (secondary N) is 2. The Hall–Kier alpha value is -2.13. The first-order chi connectivity index (χ1) is 14.3. The Morgan fingerprint density at radius 2 is 1.97 bits per heavy atom. The molecule has 3 heterocycles. The number of imidazole rings is 1. The maximum atomic E-state index is 4.65. The molecule has 30 heavy (non-hydrogen) atoms. The molecule has 2 N–H and O–H groups in total. The van der Waals surface area contributed by atoms with Crippen molar-refractivity contribution >= 4 is 35.6 Å². The van der Waals surface area contributed by atoms with Crippen LogP contribution in [0.15, 0.2) is 65.9 Å². The highest BCUT2D eigenvalue weighted by molar-refractivity contribution is 14.0. The molecule has 1 unspecified atom stereocenters. The van der Waals surface area contributed by atoms with Gasteiger partial charge in [0, 0.05) is 51.5 Å². The van der Waals surface area contributed by atoms with E-state index in [9.17, 15) is 0 Å². The Morgan fingerprint density at radius 3 is 2.77 bits per heavy atom. The van der Waals surface area contributed by atoms with Gasteiger partial charge >= 0.3 is 0 Å². The normalized spacial score (nSPS) is 17.1. The highest BCUT2D eigenvalue weighted by Gasteiger charge is 2.24. The molecular weight excluding hydrogens is 487 g/mol. The van der Waals surface area contributed by atoms with Gasteiger partial charge in [0.1, 0.15) is 5.65 Å². The zero-order chi connectivity index (χ0) is 19.9. The van der Waals surface area contributed by atoms with E-state index in [0.717, 1.165) is 43.4 Å². The number of aromatic nitrogens is 2. The van der Waals surface area contributed by atoms with Crippen molar-refractivity contribution in [2.45, 2.75) is 31.8 Å². The summed E-state index contributed by atoms with van der Waals surface area (Å²) in [5, 5.41) is 6.93. The first-order valence-corrected chi connectivity index (χ1v) is 10.5. The van der Waals surface area contributed by atoms with Crippen LogP contribution >= 0.6 is 24.0 Å². The van der Waals surface area contributed by atoms with Crippen LogP contribution in [0.5, 0.6) is 0 Å². The number of hydrogen-bond donors (Lipinski definition) is 2. The van der Waals surface area contributed by atoms with E-state index in [2.05, 4.69) is 66.4 Å². The third kappa shape index (κ3) is 5.95. The van der Waals surface area contributed by atoms with Gasteiger partial charge in [-0.05, 0) is 37.1 Å². The second-order valence-corrected chi connectivity index (χ2v) is 7.58. The van der Waals surface area contributed by atoms with Crippen LogP contribution in [0.3, 0.4) is 0 Å². The number of pyridine rings is 1. The van der Waals surface area contributed by atoms with Crippen LogP contribution in [0.25, 0.3) is 5.65 Å². The number of rotatable bonds is 7. The largest absolute Gasteiger partial charge is 0.356 e. The molecule has 0 aliphatic carbocycles. The lowest BCUT2D eigenvalue weighted by atomic mass is 10.2. The summed E-state index contributed by atoms with van der Waals surface area (Å²) in [5.74, 6) is 0.861. The molecule has 1 aliphatic heterocycles. The van der Waals surface area contributed by atoms with Crippen LogP contribution in [-0.2, 0) is 13.0 Å². The van der Waals surface area contributed by atoms with E-state index in [1.165, 1.54) is 24.9 Å². The summed E-state index contributed by atoms with van der Waals surface area (Å²) in [6, 6.07) is 17.3. The molecule has 160 valence electrons. The van der Waals surface area contributed by atoms with Crippen LogP contribution < -0.4 is 10.6 Å². The summed E-state index contributed by atoms with van der Waals surface area (Å²) in [5.41, 5.74) is 3.46. The summed E-state index contributed by atoms with van der Waals surface area (Å²) >= 11 is 0. The molecule has 1 atom stereocenters. The highest BCUT2D eigenvalue weighted by Crippen LogP contribution is 2.19. The van der Waals surface area contributed by atoms with Crippen molar-refractivity contribution in [3.05, 3.63) is 72.2 Å². The van der Waals surface area contributed by atoms with Crippen molar-refractivity contribution in [1.82, 2.24) is 24.9 Å². The van der Waals surface area contributed by atoms with E-state index in [4.69, 9.17) is 0 Å². The fraction of sp³-hybridized carbons (Fsp3) is 0.391. The van der Waals surface area contributed by atoms with Gasteiger partial charge in [-0.3, -0.25) is 9.89 Å². The number of hydrogen-bond acceptors (Lipinski definition) is 3. The molecule has 0 saturated carbocycles. The molecule has 0 amide bonds. The molecular formula is C23H31IN6. The van der Waals surface area contributed by atoms with Crippen LogP contribution in [0, 0.1) is 0 Å². The number of likely N-dealkylation sites (tertiary alicyclic amines) is 1. The van der Waals surface area contributed by atoms with E-state index in [1.54, 1.807) is 0 Å². The molecule has 7 heteroatoms. The summed E-state index contributed by atoms with van der Waals surface area (Å²) in [6.45, 7) is 3.91. The number of halogens is 1. The number of fused-ring (bicyclic) bond motifs is 1. The van der Waals surface area contributed by atoms with Gasteiger partial charge in [-0.2, -0.15) is 0 Å².